The predicted octanol–water partition coefficient (Wildman–Crippen LogP) is 0.102. The molecule has 0 unspecified atom stereocenters. The summed E-state index contributed by atoms with van der Waals surface area (Å²) in [7, 11) is 0. The van der Waals surface area contributed by atoms with Crippen LogP contribution in [0.1, 0.15) is 6.42 Å². The minimum Gasteiger partial charge on any atom is -0.396 e. The van der Waals surface area contributed by atoms with E-state index < -0.39 is 5.67 Å². The quantitative estimate of drug-likeness (QED) is 0.593. The lowest BCUT2D eigenvalue weighted by molar-refractivity contribution is 0.0589. The van der Waals surface area contributed by atoms with Crippen LogP contribution in [0, 0.1) is 0 Å². The number of hydrogen-bond donors (Lipinski definition) is 2. The van der Waals surface area contributed by atoms with Crippen molar-refractivity contribution in [3.8, 4) is 0 Å². The van der Waals surface area contributed by atoms with E-state index in [2.05, 4.69) is 5.32 Å². The van der Waals surface area contributed by atoms with Gasteiger partial charge in [0.2, 0.25) is 0 Å². The highest BCUT2D eigenvalue weighted by molar-refractivity contribution is 5.85. The van der Waals surface area contributed by atoms with Gasteiger partial charge < -0.3 is 10.4 Å². The van der Waals surface area contributed by atoms with Crippen LogP contribution < -0.4 is 5.32 Å². The highest BCUT2D eigenvalue weighted by atomic mass is 35.5. The van der Waals surface area contributed by atoms with Crippen molar-refractivity contribution in [2.45, 2.75) is 12.1 Å². The average molecular weight is 156 g/mol. The van der Waals surface area contributed by atoms with E-state index in [4.69, 9.17) is 5.11 Å². The molecule has 1 rings (SSSR count). The average Bonchev–Trinajstić information content (AvgIpc) is 1.64. The van der Waals surface area contributed by atoms with Gasteiger partial charge in [-0.1, -0.05) is 0 Å². The zero-order valence-electron chi connectivity index (χ0n) is 5.06. The van der Waals surface area contributed by atoms with E-state index in [1.54, 1.807) is 0 Å². The molecule has 0 spiro atoms. The van der Waals surface area contributed by atoms with Gasteiger partial charge in [0, 0.05) is 26.1 Å². The van der Waals surface area contributed by atoms with Gasteiger partial charge in [-0.15, -0.1) is 12.4 Å². The van der Waals surface area contributed by atoms with Gasteiger partial charge in [0.1, 0.15) is 5.67 Å². The van der Waals surface area contributed by atoms with Crippen LogP contribution in [0.15, 0.2) is 0 Å². The Morgan fingerprint density at radius 1 is 1.56 bits per heavy atom. The molecule has 2 N–H and O–H groups in total. The van der Waals surface area contributed by atoms with Crippen molar-refractivity contribution in [1.82, 2.24) is 5.32 Å². The number of hydrogen-bond acceptors (Lipinski definition) is 2. The second-order valence-electron chi connectivity index (χ2n) is 2.23. The van der Waals surface area contributed by atoms with Gasteiger partial charge in [-0.3, -0.25) is 0 Å². The molecule has 4 heteroatoms. The minimum absolute atomic E-state index is 0. The van der Waals surface area contributed by atoms with Gasteiger partial charge in [0.15, 0.2) is 0 Å². The van der Waals surface area contributed by atoms with Gasteiger partial charge >= 0.3 is 0 Å². The number of aliphatic hydroxyl groups excluding tert-OH is 1. The summed E-state index contributed by atoms with van der Waals surface area (Å²) < 4.78 is 12.7. The molecule has 0 bridgehead atoms. The SMILES string of the molecule is Cl.OCCC1(F)CNC1. The fraction of sp³-hybridized carbons (Fsp3) is 1.00. The van der Waals surface area contributed by atoms with Crippen molar-refractivity contribution in [1.29, 1.82) is 0 Å². The van der Waals surface area contributed by atoms with E-state index in [1.807, 2.05) is 0 Å². The molecule has 2 nitrogen and oxygen atoms in total. The maximum atomic E-state index is 12.7. The smallest absolute Gasteiger partial charge is 0.137 e. The van der Waals surface area contributed by atoms with Crippen LogP contribution in [0.2, 0.25) is 0 Å². The molecule has 0 aromatic heterocycles. The van der Waals surface area contributed by atoms with Gasteiger partial charge in [-0.2, -0.15) is 0 Å². The molecule has 1 saturated heterocycles. The standard InChI is InChI=1S/C5H10FNO.ClH/c6-5(1-2-8)3-7-4-5;/h7-8H,1-4H2;1H. The highest BCUT2D eigenvalue weighted by Gasteiger charge is 2.35. The Hall–Kier alpha value is 0.140. The molecule has 0 radical (unpaired) electrons. The minimum atomic E-state index is -1.09. The summed E-state index contributed by atoms with van der Waals surface area (Å²) in [4.78, 5) is 0. The lowest BCUT2D eigenvalue weighted by Crippen LogP contribution is -2.56. The van der Waals surface area contributed by atoms with E-state index in [1.165, 1.54) is 0 Å². The zero-order valence-corrected chi connectivity index (χ0v) is 5.88. The molecule has 1 aliphatic heterocycles. The lowest BCUT2D eigenvalue weighted by Gasteiger charge is -2.34. The van der Waals surface area contributed by atoms with Crippen LogP contribution >= 0.6 is 12.4 Å². The molecule has 0 aromatic carbocycles. The van der Waals surface area contributed by atoms with Crippen LogP contribution in [0.5, 0.6) is 0 Å². The largest absolute Gasteiger partial charge is 0.396 e. The van der Waals surface area contributed by atoms with Crippen LogP contribution in [-0.2, 0) is 0 Å². The molecule has 0 aromatic rings. The van der Waals surface area contributed by atoms with E-state index in [9.17, 15) is 4.39 Å². The Kier molecular flexibility index (Phi) is 3.40. The molecule has 9 heavy (non-hydrogen) atoms. The number of nitrogens with one attached hydrogen (secondary N) is 1. The molecule has 1 heterocycles. The van der Waals surface area contributed by atoms with Gasteiger partial charge in [-0.05, 0) is 0 Å². The fourth-order valence-corrected chi connectivity index (χ4v) is 0.773. The Bertz CT molecular complexity index is 87.0. The van der Waals surface area contributed by atoms with E-state index in [0.29, 0.717) is 13.1 Å². The summed E-state index contributed by atoms with van der Waals surface area (Å²) in [6.07, 6.45) is 0.278. The third kappa shape index (κ3) is 2.08. The highest BCUT2D eigenvalue weighted by Crippen LogP contribution is 2.19. The number of aliphatic hydroxyl groups is 1. The Balaban J connectivity index is 0.000000640. The van der Waals surface area contributed by atoms with E-state index in [-0.39, 0.29) is 25.4 Å². The summed E-state index contributed by atoms with van der Waals surface area (Å²) in [6.45, 7) is 0.777. The van der Waals surface area contributed by atoms with Crippen molar-refractivity contribution in [2.24, 2.45) is 0 Å². The molecule has 1 fully saturated rings. The molecular formula is C5H11ClFNO. The molecule has 56 valence electrons. The monoisotopic (exact) mass is 155 g/mol. The Morgan fingerprint density at radius 3 is 2.22 bits per heavy atom. The van der Waals surface area contributed by atoms with Crippen LogP contribution in [-0.4, -0.2) is 30.5 Å². The maximum absolute atomic E-state index is 12.7. The summed E-state index contributed by atoms with van der Waals surface area (Å²) in [5, 5.41) is 11.1. The topological polar surface area (TPSA) is 32.3 Å². The van der Waals surface area contributed by atoms with Crippen molar-refractivity contribution in [3.63, 3.8) is 0 Å². The van der Waals surface area contributed by atoms with Crippen molar-refractivity contribution in [3.05, 3.63) is 0 Å². The maximum Gasteiger partial charge on any atom is 0.137 e. The summed E-state index contributed by atoms with van der Waals surface area (Å²) in [5.41, 5.74) is -1.09. The third-order valence-electron chi connectivity index (χ3n) is 1.44. The molecule has 0 amide bonds. The molecule has 1 aliphatic rings. The van der Waals surface area contributed by atoms with Crippen LogP contribution in [0.3, 0.4) is 0 Å². The molecule has 0 atom stereocenters. The predicted molar refractivity (Wildman–Crippen MR) is 35.7 cm³/mol. The second-order valence-corrected chi connectivity index (χ2v) is 2.23. The summed E-state index contributed by atoms with van der Waals surface area (Å²) in [5.74, 6) is 0. The normalized spacial score (nSPS) is 22.0. The van der Waals surface area contributed by atoms with Gasteiger partial charge in [0.25, 0.3) is 0 Å². The van der Waals surface area contributed by atoms with Crippen LogP contribution in [0.4, 0.5) is 4.39 Å². The van der Waals surface area contributed by atoms with E-state index >= 15 is 0 Å². The fourth-order valence-electron chi connectivity index (χ4n) is 0.773. The summed E-state index contributed by atoms with van der Waals surface area (Å²) >= 11 is 0. The van der Waals surface area contributed by atoms with Crippen molar-refractivity contribution >= 4 is 12.4 Å². The van der Waals surface area contributed by atoms with Gasteiger partial charge in [0.05, 0.1) is 0 Å². The first-order valence-corrected chi connectivity index (χ1v) is 2.77. The first-order chi connectivity index (χ1) is 3.77. The third-order valence-corrected chi connectivity index (χ3v) is 1.44. The molecule has 0 aliphatic carbocycles. The first-order valence-electron chi connectivity index (χ1n) is 2.77. The van der Waals surface area contributed by atoms with E-state index in [0.717, 1.165) is 0 Å². The number of halogens is 2. The van der Waals surface area contributed by atoms with Crippen molar-refractivity contribution < 1.29 is 9.50 Å². The Morgan fingerprint density at radius 2 is 2.11 bits per heavy atom. The van der Waals surface area contributed by atoms with Gasteiger partial charge in [-0.25, -0.2) is 4.39 Å². The van der Waals surface area contributed by atoms with Crippen LogP contribution in [0.25, 0.3) is 0 Å². The zero-order chi connectivity index (χ0) is 6.04. The number of rotatable bonds is 2. The lowest BCUT2D eigenvalue weighted by atomic mass is 9.96. The van der Waals surface area contributed by atoms with Crippen molar-refractivity contribution in [2.75, 3.05) is 19.7 Å². The number of alkyl halides is 1. The first kappa shape index (κ1) is 9.14. The summed E-state index contributed by atoms with van der Waals surface area (Å²) in [6, 6.07) is 0. The Labute approximate surface area is 59.9 Å². The molecular weight excluding hydrogens is 145 g/mol. The molecule has 0 saturated carbocycles. The second kappa shape index (κ2) is 3.34.